The van der Waals surface area contributed by atoms with Crippen molar-refractivity contribution in [2.45, 2.75) is 20.3 Å². The van der Waals surface area contributed by atoms with Crippen molar-refractivity contribution < 1.29 is 8.42 Å². The lowest BCUT2D eigenvalue weighted by Gasteiger charge is -2.05. The maximum atomic E-state index is 11.6. The molecular formula is C9H17N3O2S2. The quantitative estimate of drug-likeness (QED) is 0.725. The molecule has 0 aliphatic rings. The Labute approximate surface area is 100 Å². The van der Waals surface area contributed by atoms with Gasteiger partial charge in [-0.05, 0) is 19.9 Å². The van der Waals surface area contributed by atoms with Gasteiger partial charge >= 0.3 is 0 Å². The Morgan fingerprint density at radius 1 is 1.44 bits per heavy atom. The van der Waals surface area contributed by atoms with Gasteiger partial charge in [0.1, 0.15) is 0 Å². The van der Waals surface area contributed by atoms with Gasteiger partial charge in [0.25, 0.3) is 0 Å². The monoisotopic (exact) mass is 263 g/mol. The third-order valence-corrected chi connectivity index (χ3v) is 4.09. The van der Waals surface area contributed by atoms with Crippen LogP contribution >= 0.6 is 11.3 Å². The summed E-state index contributed by atoms with van der Waals surface area (Å²) in [6.07, 6.45) is 0.999. The molecule has 0 saturated heterocycles. The van der Waals surface area contributed by atoms with Crippen LogP contribution in [0.3, 0.4) is 0 Å². The first-order chi connectivity index (χ1) is 7.53. The van der Waals surface area contributed by atoms with Crippen molar-refractivity contribution in [1.82, 2.24) is 10.3 Å². The number of sulfonamides is 1. The van der Waals surface area contributed by atoms with E-state index in [-0.39, 0.29) is 5.75 Å². The average Bonchev–Trinajstić information content (AvgIpc) is 2.58. The van der Waals surface area contributed by atoms with E-state index in [0.29, 0.717) is 11.7 Å². The van der Waals surface area contributed by atoms with Crippen molar-refractivity contribution >= 4 is 26.5 Å². The zero-order chi connectivity index (χ0) is 12.0. The topological polar surface area (TPSA) is 71.1 Å². The van der Waals surface area contributed by atoms with Gasteiger partial charge in [-0.2, -0.15) is 0 Å². The van der Waals surface area contributed by atoms with E-state index in [2.05, 4.69) is 15.0 Å². The van der Waals surface area contributed by atoms with Crippen LogP contribution in [0.15, 0.2) is 5.38 Å². The van der Waals surface area contributed by atoms with Gasteiger partial charge in [-0.25, -0.2) is 13.4 Å². The molecule has 0 radical (unpaired) electrons. The maximum absolute atomic E-state index is 11.6. The molecular weight excluding hydrogens is 246 g/mol. The Balaban J connectivity index is 2.40. The maximum Gasteiger partial charge on any atom is 0.235 e. The van der Waals surface area contributed by atoms with E-state index >= 15 is 0 Å². The van der Waals surface area contributed by atoms with Crippen LogP contribution in [0.1, 0.15) is 19.0 Å². The molecule has 2 N–H and O–H groups in total. The zero-order valence-electron chi connectivity index (χ0n) is 9.49. The van der Waals surface area contributed by atoms with Crippen LogP contribution in [0.5, 0.6) is 0 Å². The summed E-state index contributed by atoms with van der Waals surface area (Å²) in [7, 11) is -3.27. The highest BCUT2D eigenvalue weighted by atomic mass is 32.2. The van der Waals surface area contributed by atoms with Crippen molar-refractivity contribution in [2.75, 3.05) is 23.6 Å². The SMILES string of the molecule is CCCNCCS(=O)(=O)Nc1nc(C)cs1. The minimum Gasteiger partial charge on any atom is -0.316 e. The minimum absolute atomic E-state index is 0.0750. The number of hydrogen-bond donors (Lipinski definition) is 2. The first-order valence-electron chi connectivity index (χ1n) is 5.17. The highest BCUT2D eigenvalue weighted by Gasteiger charge is 2.11. The van der Waals surface area contributed by atoms with E-state index in [4.69, 9.17) is 0 Å². The standard InChI is InChI=1S/C9H17N3O2S2/c1-3-4-10-5-6-16(13,14)12-9-11-8(2)7-15-9/h7,10H,3-6H2,1-2H3,(H,11,12). The van der Waals surface area contributed by atoms with Gasteiger partial charge in [-0.15, -0.1) is 11.3 Å². The molecule has 1 heterocycles. The normalized spacial score (nSPS) is 11.6. The molecule has 0 aliphatic carbocycles. The van der Waals surface area contributed by atoms with Crippen LogP contribution in [0, 0.1) is 6.92 Å². The van der Waals surface area contributed by atoms with Crippen LogP contribution < -0.4 is 10.0 Å². The molecule has 16 heavy (non-hydrogen) atoms. The summed E-state index contributed by atoms with van der Waals surface area (Å²) in [5, 5.41) is 5.30. The van der Waals surface area contributed by atoms with E-state index in [0.717, 1.165) is 18.7 Å². The van der Waals surface area contributed by atoms with E-state index in [1.807, 2.05) is 19.2 Å². The molecule has 0 aromatic carbocycles. The number of rotatable bonds is 7. The Hall–Kier alpha value is -0.660. The van der Waals surface area contributed by atoms with Crippen molar-refractivity contribution in [3.8, 4) is 0 Å². The number of aromatic nitrogens is 1. The lowest BCUT2D eigenvalue weighted by atomic mass is 10.5. The molecule has 7 heteroatoms. The minimum atomic E-state index is -3.27. The van der Waals surface area contributed by atoms with Gasteiger partial charge in [0.15, 0.2) is 5.13 Å². The first kappa shape index (κ1) is 13.4. The predicted octanol–water partition coefficient (Wildman–Crippen LogP) is 1.19. The van der Waals surface area contributed by atoms with Gasteiger partial charge < -0.3 is 5.32 Å². The van der Waals surface area contributed by atoms with Gasteiger partial charge in [0, 0.05) is 11.9 Å². The van der Waals surface area contributed by atoms with Crippen molar-refractivity contribution in [1.29, 1.82) is 0 Å². The Morgan fingerprint density at radius 3 is 2.75 bits per heavy atom. The predicted molar refractivity (Wildman–Crippen MR) is 67.4 cm³/mol. The zero-order valence-corrected chi connectivity index (χ0v) is 11.1. The summed E-state index contributed by atoms with van der Waals surface area (Å²) in [5.74, 6) is 0.0750. The molecule has 5 nitrogen and oxygen atoms in total. The summed E-state index contributed by atoms with van der Waals surface area (Å²) in [4.78, 5) is 4.05. The summed E-state index contributed by atoms with van der Waals surface area (Å²) in [6, 6.07) is 0. The first-order valence-corrected chi connectivity index (χ1v) is 7.70. The Morgan fingerprint density at radius 2 is 2.19 bits per heavy atom. The highest BCUT2D eigenvalue weighted by Crippen LogP contribution is 2.15. The lowest BCUT2D eigenvalue weighted by Crippen LogP contribution is -2.27. The van der Waals surface area contributed by atoms with Crippen LogP contribution in [-0.2, 0) is 10.0 Å². The number of nitrogens with zero attached hydrogens (tertiary/aromatic N) is 1. The molecule has 0 unspecified atom stereocenters. The van der Waals surface area contributed by atoms with Crippen LogP contribution in [0.25, 0.3) is 0 Å². The molecule has 92 valence electrons. The summed E-state index contributed by atoms with van der Waals surface area (Å²) < 4.78 is 25.6. The van der Waals surface area contributed by atoms with Gasteiger partial charge in [0.2, 0.25) is 10.0 Å². The Kier molecular flexibility index (Phi) is 5.17. The number of anilines is 1. The molecule has 1 aromatic rings. The largest absolute Gasteiger partial charge is 0.316 e. The van der Waals surface area contributed by atoms with Crippen LogP contribution in [-0.4, -0.2) is 32.2 Å². The molecule has 1 aromatic heterocycles. The molecule has 0 fully saturated rings. The fraction of sp³-hybridized carbons (Fsp3) is 0.667. The number of hydrogen-bond acceptors (Lipinski definition) is 5. The van der Waals surface area contributed by atoms with Gasteiger partial charge in [-0.1, -0.05) is 6.92 Å². The lowest BCUT2D eigenvalue weighted by molar-refractivity contribution is 0.595. The molecule has 0 bridgehead atoms. The number of aryl methyl sites for hydroxylation is 1. The molecule has 0 spiro atoms. The second kappa shape index (κ2) is 6.17. The summed E-state index contributed by atoms with van der Waals surface area (Å²) >= 11 is 1.30. The molecule has 0 saturated carbocycles. The fourth-order valence-corrected chi connectivity index (χ4v) is 3.02. The Bertz CT molecular complexity index is 414. The number of nitrogens with one attached hydrogen (secondary N) is 2. The third kappa shape index (κ3) is 4.91. The van der Waals surface area contributed by atoms with E-state index in [9.17, 15) is 8.42 Å². The molecule has 1 rings (SSSR count). The van der Waals surface area contributed by atoms with Crippen LogP contribution in [0.2, 0.25) is 0 Å². The number of thiazole rings is 1. The second-order valence-electron chi connectivity index (χ2n) is 3.46. The van der Waals surface area contributed by atoms with Gasteiger partial charge in [-0.3, -0.25) is 4.72 Å². The van der Waals surface area contributed by atoms with E-state index in [1.165, 1.54) is 11.3 Å². The van der Waals surface area contributed by atoms with E-state index in [1.54, 1.807) is 0 Å². The van der Waals surface area contributed by atoms with Crippen molar-refractivity contribution in [3.05, 3.63) is 11.1 Å². The summed E-state index contributed by atoms with van der Waals surface area (Å²) in [6.45, 7) is 5.18. The second-order valence-corrected chi connectivity index (χ2v) is 6.16. The smallest absolute Gasteiger partial charge is 0.235 e. The molecule has 0 amide bonds. The fourth-order valence-electron chi connectivity index (χ4n) is 1.09. The average molecular weight is 263 g/mol. The van der Waals surface area contributed by atoms with Crippen molar-refractivity contribution in [2.24, 2.45) is 0 Å². The van der Waals surface area contributed by atoms with E-state index < -0.39 is 10.0 Å². The van der Waals surface area contributed by atoms with Crippen molar-refractivity contribution in [3.63, 3.8) is 0 Å². The molecule has 0 atom stereocenters. The molecule has 0 aliphatic heterocycles. The van der Waals surface area contributed by atoms with Gasteiger partial charge in [0.05, 0.1) is 11.4 Å². The van der Waals surface area contributed by atoms with Crippen LogP contribution in [0.4, 0.5) is 5.13 Å². The third-order valence-electron chi connectivity index (χ3n) is 1.84. The summed E-state index contributed by atoms with van der Waals surface area (Å²) in [5.41, 5.74) is 0.826. The highest BCUT2D eigenvalue weighted by molar-refractivity contribution is 7.92.